The Hall–Kier alpha value is -5.30. The maximum absolute atomic E-state index is 12.6. The summed E-state index contributed by atoms with van der Waals surface area (Å²) in [4.78, 5) is 48.4. The number of hydrogen-bond acceptors (Lipinski definition) is 9. The van der Waals surface area contributed by atoms with Crippen molar-refractivity contribution in [3.8, 4) is 22.8 Å². The second-order valence-electron chi connectivity index (χ2n) is 8.98. The Morgan fingerprint density at radius 1 is 1.14 bits per heavy atom. The highest BCUT2D eigenvalue weighted by Gasteiger charge is 2.32. The summed E-state index contributed by atoms with van der Waals surface area (Å²) >= 11 is 5.91. The Labute approximate surface area is 250 Å². The van der Waals surface area contributed by atoms with Crippen molar-refractivity contribution in [2.45, 2.75) is 19.9 Å². The van der Waals surface area contributed by atoms with E-state index in [9.17, 15) is 24.3 Å². The Kier molecular flexibility index (Phi) is 9.68. The zero-order chi connectivity index (χ0) is 31.1. The maximum Gasteiger partial charge on any atom is 0.338 e. The zero-order valence-corrected chi connectivity index (χ0v) is 24.0. The number of amides is 3. The summed E-state index contributed by atoms with van der Waals surface area (Å²) in [6.07, 6.45) is 1.27. The molecule has 0 saturated heterocycles. The molecule has 4 N–H and O–H groups in total. The van der Waals surface area contributed by atoms with Gasteiger partial charge in [-0.05, 0) is 61.9 Å². The van der Waals surface area contributed by atoms with E-state index < -0.39 is 36.5 Å². The van der Waals surface area contributed by atoms with Gasteiger partial charge in [-0.1, -0.05) is 17.7 Å². The first-order valence-electron chi connectivity index (χ1n) is 12.8. The van der Waals surface area contributed by atoms with Crippen LogP contribution in [0.5, 0.6) is 11.5 Å². The van der Waals surface area contributed by atoms with Crippen LogP contribution >= 0.6 is 11.6 Å². The molecule has 2 heterocycles. The number of hydrogen-bond donors (Lipinski definition) is 4. The molecule has 43 heavy (non-hydrogen) atoms. The third kappa shape index (κ3) is 7.32. The molecule has 0 radical (unpaired) electrons. The number of methoxy groups -OCH3 is 1. The molecule has 3 amide bonds. The normalized spacial score (nSPS) is 14.6. The minimum atomic E-state index is -1.16. The largest absolute Gasteiger partial charge is 0.493 e. The van der Waals surface area contributed by atoms with Gasteiger partial charge < -0.3 is 34.4 Å². The molecule has 1 aromatic heterocycles. The van der Waals surface area contributed by atoms with E-state index in [0.29, 0.717) is 28.3 Å². The number of allylic oxidation sites excluding steroid dienone is 1. The van der Waals surface area contributed by atoms with Crippen molar-refractivity contribution in [3.63, 3.8) is 0 Å². The quantitative estimate of drug-likeness (QED) is 0.142. The topological polar surface area (TPSA) is 178 Å². The smallest absolute Gasteiger partial charge is 0.338 e. The van der Waals surface area contributed by atoms with Crippen molar-refractivity contribution in [1.29, 1.82) is 0 Å². The van der Waals surface area contributed by atoms with Gasteiger partial charge in [-0.25, -0.2) is 19.8 Å². The molecular weight excluding hydrogens is 584 g/mol. The fourth-order valence-corrected chi connectivity index (χ4v) is 4.37. The summed E-state index contributed by atoms with van der Waals surface area (Å²) in [5.74, 6) is -1.12. The third-order valence-corrected chi connectivity index (χ3v) is 6.46. The molecule has 0 aliphatic carbocycles. The second-order valence-corrected chi connectivity index (χ2v) is 9.39. The van der Waals surface area contributed by atoms with Crippen molar-refractivity contribution in [3.05, 3.63) is 81.7 Å². The minimum absolute atomic E-state index is 0.0595. The summed E-state index contributed by atoms with van der Waals surface area (Å²) in [5.41, 5.74) is 3.91. The number of esters is 1. The van der Waals surface area contributed by atoms with Crippen molar-refractivity contribution >= 4 is 41.7 Å². The molecule has 224 valence electrons. The number of nitrogens with one attached hydrogen (secondary N) is 3. The fraction of sp³-hybridized carbons (Fsp3) is 0.207. The first kappa shape index (κ1) is 30.7. The number of nitrogens with zero attached hydrogens (tertiary/aromatic N) is 1. The molecule has 1 atom stereocenters. The first-order chi connectivity index (χ1) is 20.6. The van der Waals surface area contributed by atoms with E-state index in [4.69, 9.17) is 30.2 Å². The Morgan fingerprint density at radius 3 is 2.65 bits per heavy atom. The van der Waals surface area contributed by atoms with E-state index in [2.05, 4.69) is 21.2 Å². The lowest BCUT2D eigenvalue weighted by molar-refractivity contribution is -0.139. The van der Waals surface area contributed by atoms with Gasteiger partial charge in [-0.15, -0.1) is 0 Å². The second kappa shape index (κ2) is 13.6. The molecule has 0 bridgehead atoms. The van der Waals surface area contributed by atoms with Crippen LogP contribution < -0.4 is 25.5 Å². The highest BCUT2D eigenvalue weighted by Crippen LogP contribution is 2.34. The van der Waals surface area contributed by atoms with Crippen LogP contribution in [0, 0.1) is 0 Å². The molecule has 0 unspecified atom stereocenters. The van der Waals surface area contributed by atoms with E-state index in [1.165, 1.54) is 25.5 Å². The predicted octanol–water partition coefficient (Wildman–Crippen LogP) is 4.03. The summed E-state index contributed by atoms with van der Waals surface area (Å²) < 4.78 is 21.8. The summed E-state index contributed by atoms with van der Waals surface area (Å²) in [7, 11) is 1.41. The van der Waals surface area contributed by atoms with Crippen LogP contribution in [0.1, 0.15) is 41.6 Å². The van der Waals surface area contributed by atoms with E-state index >= 15 is 0 Å². The van der Waals surface area contributed by atoms with Crippen LogP contribution in [-0.4, -0.2) is 55.5 Å². The number of urea groups is 1. The van der Waals surface area contributed by atoms with Gasteiger partial charge in [0.25, 0.3) is 5.91 Å². The van der Waals surface area contributed by atoms with Gasteiger partial charge in [0.15, 0.2) is 18.1 Å². The molecule has 4 rings (SSSR count). The van der Waals surface area contributed by atoms with Crippen LogP contribution in [0.3, 0.4) is 0 Å². The van der Waals surface area contributed by atoms with Crippen molar-refractivity contribution in [2.24, 2.45) is 5.10 Å². The standard InChI is InChI=1S/C29H27ClN4O9/c1-4-41-28(38)25-15(2)32-29(39)33-26(25)17-6-9-22(23(12-17)40-3)42-14-24(35)34-31-13-18-7-10-21(43-18)16-5-8-20(30)19(11-16)27(36)37/h5-13,26H,4,14H2,1-3H3,(H,34,35)(H,36,37)(H2,32,33,39)/b31-13-/t26-/m0/s1. The minimum Gasteiger partial charge on any atom is -0.493 e. The van der Waals surface area contributed by atoms with Gasteiger partial charge in [0, 0.05) is 11.3 Å². The predicted molar refractivity (Wildman–Crippen MR) is 154 cm³/mol. The summed E-state index contributed by atoms with van der Waals surface area (Å²) in [6, 6.07) is 11.2. The monoisotopic (exact) mass is 610 g/mol. The molecule has 2 aromatic carbocycles. The average Bonchev–Trinajstić information content (AvgIpc) is 3.44. The summed E-state index contributed by atoms with van der Waals surface area (Å²) in [6.45, 7) is 3.05. The molecule has 0 saturated carbocycles. The van der Waals surface area contributed by atoms with Crippen LogP contribution in [0.2, 0.25) is 5.02 Å². The third-order valence-electron chi connectivity index (χ3n) is 6.13. The Morgan fingerprint density at radius 2 is 1.93 bits per heavy atom. The van der Waals surface area contributed by atoms with E-state index in [1.807, 2.05) is 0 Å². The van der Waals surface area contributed by atoms with Gasteiger partial charge in [0.2, 0.25) is 0 Å². The number of rotatable bonds is 11. The number of carbonyl (C=O) groups is 4. The molecule has 13 nitrogen and oxygen atoms in total. The molecule has 3 aromatic rings. The molecule has 0 fully saturated rings. The number of carboxylic acid groups (broad SMARTS) is 1. The Bertz CT molecular complexity index is 1630. The van der Waals surface area contributed by atoms with E-state index in [1.54, 1.807) is 50.2 Å². The lowest BCUT2D eigenvalue weighted by Gasteiger charge is -2.28. The van der Waals surface area contributed by atoms with Crippen LogP contribution in [0.25, 0.3) is 11.3 Å². The van der Waals surface area contributed by atoms with Gasteiger partial charge >= 0.3 is 18.0 Å². The highest BCUT2D eigenvalue weighted by atomic mass is 35.5. The van der Waals surface area contributed by atoms with E-state index in [0.717, 1.165) is 0 Å². The number of halogens is 1. The number of furan rings is 1. The number of hydrazone groups is 1. The lowest BCUT2D eigenvalue weighted by atomic mass is 9.95. The first-order valence-corrected chi connectivity index (χ1v) is 13.2. The van der Waals surface area contributed by atoms with Crippen molar-refractivity contribution in [2.75, 3.05) is 20.3 Å². The van der Waals surface area contributed by atoms with Crippen molar-refractivity contribution < 1.29 is 42.9 Å². The van der Waals surface area contributed by atoms with Crippen molar-refractivity contribution in [1.82, 2.24) is 16.1 Å². The lowest BCUT2D eigenvalue weighted by Crippen LogP contribution is -2.45. The van der Waals surface area contributed by atoms with Gasteiger partial charge in [-0.3, -0.25) is 4.79 Å². The number of benzene rings is 2. The average molecular weight is 611 g/mol. The SMILES string of the molecule is CCOC(=O)C1=C(C)NC(=O)N[C@H]1c1ccc(OCC(=O)N/N=C\c2ccc(-c3ccc(Cl)c(C(=O)O)c3)o2)c(OC)c1. The number of aromatic carboxylic acids is 1. The number of carboxylic acids is 1. The van der Waals surface area contributed by atoms with Crippen LogP contribution in [0.15, 0.2) is 69.3 Å². The molecular formula is C29H27ClN4O9. The van der Waals surface area contributed by atoms with Gasteiger partial charge in [0.05, 0.1) is 42.1 Å². The van der Waals surface area contributed by atoms with Gasteiger partial charge in [-0.2, -0.15) is 5.10 Å². The van der Waals surface area contributed by atoms with Crippen LogP contribution in [0.4, 0.5) is 4.79 Å². The van der Waals surface area contributed by atoms with Gasteiger partial charge in [0.1, 0.15) is 11.5 Å². The molecule has 14 heteroatoms. The molecule has 1 aliphatic rings. The Balaban J connectivity index is 1.38. The molecule has 1 aliphatic heterocycles. The zero-order valence-electron chi connectivity index (χ0n) is 23.2. The number of ether oxygens (including phenoxy) is 3. The fourth-order valence-electron chi connectivity index (χ4n) is 4.17. The summed E-state index contributed by atoms with van der Waals surface area (Å²) in [5, 5.41) is 18.5. The van der Waals surface area contributed by atoms with Crippen LogP contribution in [-0.2, 0) is 14.3 Å². The van der Waals surface area contributed by atoms with E-state index in [-0.39, 0.29) is 34.3 Å². The maximum atomic E-state index is 12.6. The highest BCUT2D eigenvalue weighted by molar-refractivity contribution is 6.33. The number of carbonyl (C=O) groups excluding carboxylic acids is 3. The molecule has 0 spiro atoms.